The minimum atomic E-state index is -0.763. The van der Waals surface area contributed by atoms with Gasteiger partial charge in [0.2, 0.25) is 0 Å². The Morgan fingerprint density at radius 2 is 0.465 bits per heavy atom. The first-order valence-electron chi connectivity index (χ1n) is 32.4. The van der Waals surface area contributed by atoms with Crippen molar-refractivity contribution in [3.05, 3.63) is 0 Å². The summed E-state index contributed by atoms with van der Waals surface area (Å²) in [7, 11) is 0. The third kappa shape index (κ3) is 59.2. The van der Waals surface area contributed by atoms with E-state index in [0.717, 1.165) is 63.7 Å². The second-order valence-corrected chi connectivity index (χ2v) is 22.9. The first kappa shape index (κ1) is 69.4. The molecule has 0 aromatic heterocycles. The van der Waals surface area contributed by atoms with Crippen LogP contribution in [0.1, 0.15) is 374 Å². The van der Waals surface area contributed by atoms with Crippen LogP contribution in [-0.4, -0.2) is 37.2 Å². The van der Waals surface area contributed by atoms with Gasteiger partial charge in [-0.2, -0.15) is 0 Å². The molecule has 0 aliphatic rings. The molecule has 0 saturated heterocycles. The zero-order valence-corrected chi connectivity index (χ0v) is 48.7. The van der Waals surface area contributed by atoms with Gasteiger partial charge in [-0.15, -0.1) is 0 Å². The van der Waals surface area contributed by atoms with Gasteiger partial charge >= 0.3 is 17.9 Å². The predicted octanol–water partition coefficient (Wildman–Crippen LogP) is 21.7. The number of esters is 3. The summed E-state index contributed by atoms with van der Waals surface area (Å²) in [6, 6.07) is 0. The molecule has 0 saturated carbocycles. The number of carbonyl (C=O) groups is 3. The van der Waals surface area contributed by atoms with Crippen LogP contribution in [0.25, 0.3) is 0 Å². The fourth-order valence-electron chi connectivity index (χ4n) is 10.2. The number of rotatable bonds is 60. The lowest BCUT2D eigenvalue weighted by atomic mass is 10.0. The van der Waals surface area contributed by atoms with Crippen molar-refractivity contribution in [1.29, 1.82) is 0 Å². The van der Waals surface area contributed by atoms with E-state index in [1.807, 2.05) is 0 Å². The topological polar surface area (TPSA) is 78.9 Å². The fraction of sp³-hybridized carbons (Fsp3) is 0.954. The third-order valence-electron chi connectivity index (χ3n) is 15.0. The van der Waals surface area contributed by atoms with E-state index in [0.29, 0.717) is 19.3 Å². The Labute approximate surface area is 444 Å². The first-order valence-corrected chi connectivity index (χ1v) is 32.4. The highest BCUT2D eigenvalue weighted by molar-refractivity contribution is 5.71. The van der Waals surface area contributed by atoms with Crippen molar-refractivity contribution >= 4 is 17.9 Å². The Hall–Kier alpha value is -1.59. The van der Waals surface area contributed by atoms with Gasteiger partial charge in [0.05, 0.1) is 0 Å². The van der Waals surface area contributed by atoms with Gasteiger partial charge < -0.3 is 14.2 Å². The highest BCUT2D eigenvalue weighted by Crippen LogP contribution is 2.19. The summed E-state index contributed by atoms with van der Waals surface area (Å²) in [5.74, 6) is 0.0128. The number of carbonyl (C=O) groups excluding carboxylic acids is 3. The summed E-state index contributed by atoms with van der Waals surface area (Å²) >= 11 is 0. The summed E-state index contributed by atoms with van der Waals surface area (Å²) in [5.41, 5.74) is 0. The van der Waals surface area contributed by atoms with Crippen LogP contribution in [0, 0.1) is 5.92 Å². The number of ether oxygens (including phenoxy) is 3. The van der Waals surface area contributed by atoms with E-state index in [2.05, 4.69) is 27.7 Å². The Kier molecular flexibility index (Phi) is 58.0. The molecule has 0 aliphatic carbocycles. The summed E-state index contributed by atoms with van der Waals surface area (Å²) in [6.07, 6.45) is 66.8. The van der Waals surface area contributed by atoms with Gasteiger partial charge in [0.1, 0.15) is 13.2 Å². The molecule has 422 valence electrons. The van der Waals surface area contributed by atoms with Gasteiger partial charge in [-0.3, -0.25) is 14.4 Å². The zero-order chi connectivity index (χ0) is 51.6. The number of hydrogen-bond acceptors (Lipinski definition) is 6. The van der Waals surface area contributed by atoms with E-state index in [-0.39, 0.29) is 31.1 Å². The van der Waals surface area contributed by atoms with Crippen molar-refractivity contribution < 1.29 is 28.6 Å². The average molecular weight is 1000 g/mol. The van der Waals surface area contributed by atoms with Crippen molar-refractivity contribution in [1.82, 2.24) is 0 Å². The molecule has 0 rings (SSSR count). The maximum atomic E-state index is 12.9. The minimum absolute atomic E-state index is 0.0611. The smallest absolute Gasteiger partial charge is 0.306 e. The van der Waals surface area contributed by atoms with Crippen LogP contribution >= 0.6 is 0 Å². The standard InChI is InChI=1S/C65H126O6/c1-5-7-9-11-13-15-17-19-21-23-25-27-29-33-38-42-46-50-54-58-65(68)71-62(60-70-64(67)57-53-49-45-41-37-34-30-31-35-39-43-47-51-55-61(3)4)59-69-63(66)56-52-48-44-40-36-32-28-26-24-22-20-18-16-14-12-10-8-6-2/h61-62H,5-60H2,1-4H3/t62-/m0/s1. The first-order chi connectivity index (χ1) is 34.9. The molecule has 0 bridgehead atoms. The van der Waals surface area contributed by atoms with E-state index in [1.165, 1.54) is 270 Å². The van der Waals surface area contributed by atoms with E-state index < -0.39 is 6.10 Å². The molecule has 0 aromatic carbocycles. The minimum Gasteiger partial charge on any atom is -0.462 e. The highest BCUT2D eigenvalue weighted by atomic mass is 16.6. The van der Waals surface area contributed by atoms with E-state index >= 15 is 0 Å². The van der Waals surface area contributed by atoms with Crippen molar-refractivity contribution in [2.45, 2.75) is 381 Å². The van der Waals surface area contributed by atoms with Crippen molar-refractivity contribution in [3.63, 3.8) is 0 Å². The maximum Gasteiger partial charge on any atom is 0.306 e. The molecule has 0 aromatic rings. The molecule has 0 fully saturated rings. The Morgan fingerprint density at radius 3 is 0.690 bits per heavy atom. The van der Waals surface area contributed by atoms with Crippen molar-refractivity contribution in [3.8, 4) is 0 Å². The third-order valence-corrected chi connectivity index (χ3v) is 15.0. The SMILES string of the molecule is CCCCCCCCCCCCCCCCCCCCCC(=O)O[C@@H](COC(=O)CCCCCCCCCCCCCCCCCCCC)COC(=O)CCCCCCCCCCCCCCCC(C)C. The molecule has 6 nitrogen and oxygen atoms in total. The van der Waals surface area contributed by atoms with Gasteiger partial charge in [-0.1, -0.05) is 336 Å². The predicted molar refractivity (Wildman–Crippen MR) is 307 cm³/mol. The quantitative estimate of drug-likeness (QED) is 0.0343. The molecule has 6 heteroatoms. The Morgan fingerprint density at radius 1 is 0.268 bits per heavy atom. The van der Waals surface area contributed by atoms with E-state index in [9.17, 15) is 14.4 Å². The molecule has 0 heterocycles. The molecule has 71 heavy (non-hydrogen) atoms. The monoisotopic (exact) mass is 1000 g/mol. The summed E-state index contributed by atoms with van der Waals surface area (Å²) in [5, 5.41) is 0. The normalized spacial score (nSPS) is 12.0. The molecule has 0 spiro atoms. The van der Waals surface area contributed by atoms with Crippen LogP contribution in [0.4, 0.5) is 0 Å². The lowest BCUT2D eigenvalue weighted by molar-refractivity contribution is -0.167. The largest absolute Gasteiger partial charge is 0.462 e. The van der Waals surface area contributed by atoms with Crippen LogP contribution in [0.3, 0.4) is 0 Å². The molecule has 0 aliphatic heterocycles. The number of unbranched alkanes of at least 4 members (excludes halogenated alkanes) is 47. The zero-order valence-electron chi connectivity index (χ0n) is 48.7. The highest BCUT2D eigenvalue weighted by Gasteiger charge is 2.19. The molecular weight excluding hydrogens is 877 g/mol. The molecule has 0 radical (unpaired) electrons. The maximum absolute atomic E-state index is 12.9. The van der Waals surface area contributed by atoms with Crippen LogP contribution < -0.4 is 0 Å². The second kappa shape index (κ2) is 59.3. The van der Waals surface area contributed by atoms with Gasteiger partial charge in [-0.05, 0) is 25.2 Å². The molecule has 0 amide bonds. The van der Waals surface area contributed by atoms with Gasteiger partial charge in [0, 0.05) is 19.3 Å². The van der Waals surface area contributed by atoms with E-state index in [4.69, 9.17) is 14.2 Å². The summed E-state index contributed by atoms with van der Waals surface area (Å²) < 4.78 is 17.0. The van der Waals surface area contributed by atoms with E-state index in [1.54, 1.807) is 0 Å². The van der Waals surface area contributed by atoms with Crippen LogP contribution in [0.2, 0.25) is 0 Å². The average Bonchev–Trinajstić information content (AvgIpc) is 3.36. The summed E-state index contributed by atoms with van der Waals surface area (Å²) in [6.45, 7) is 9.09. The second-order valence-electron chi connectivity index (χ2n) is 22.9. The van der Waals surface area contributed by atoms with Gasteiger partial charge in [0.15, 0.2) is 6.10 Å². The fourth-order valence-corrected chi connectivity index (χ4v) is 10.2. The molecule has 0 N–H and O–H groups in total. The van der Waals surface area contributed by atoms with Crippen LogP contribution in [0.5, 0.6) is 0 Å². The Bertz CT molecular complexity index is 1070. The molecule has 1 atom stereocenters. The van der Waals surface area contributed by atoms with Crippen molar-refractivity contribution in [2.75, 3.05) is 13.2 Å². The molecule has 0 unspecified atom stereocenters. The number of hydrogen-bond donors (Lipinski definition) is 0. The van der Waals surface area contributed by atoms with Gasteiger partial charge in [-0.25, -0.2) is 0 Å². The molecular formula is C65H126O6. The van der Waals surface area contributed by atoms with Gasteiger partial charge in [0.25, 0.3) is 0 Å². The summed E-state index contributed by atoms with van der Waals surface area (Å²) in [4.78, 5) is 38.3. The lowest BCUT2D eigenvalue weighted by Crippen LogP contribution is -2.30. The lowest BCUT2D eigenvalue weighted by Gasteiger charge is -2.18. The van der Waals surface area contributed by atoms with Crippen LogP contribution in [0.15, 0.2) is 0 Å². The Balaban J connectivity index is 4.28. The van der Waals surface area contributed by atoms with Crippen molar-refractivity contribution in [2.24, 2.45) is 5.92 Å². The van der Waals surface area contributed by atoms with Crippen LogP contribution in [-0.2, 0) is 28.6 Å².